The van der Waals surface area contributed by atoms with Crippen LogP contribution in [0.3, 0.4) is 0 Å². The second kappa shape index (κ2) is 13.3. The van der Waals surface area contributed by atoms with Crippen LogP contribution in [0.25, 0.3) is 12.2 Å². The zero-order chi connectivity index (χ0) is 28.0. The van der Waals surface area contributed by atoms with Crippen LogP contribution in [0.15, 0.2) is 53.7 Å². The second-order valence-corrected chi connectivity index (χ2v) is 13.7. The number of nitrogens with one attached hydrogen (secondary N) is 1. The molecule has 0 unspecified atom stereocenters. The first-order valence-electron chi connectivity index (χ1n) is 13.5. The predicted molar refractivity (Wildman–Crippen MR) is 163 cm³/mol. The van der Waals surface area contributed by atoms with E-state index in [1.165, 1.54) is 50.6 Å². The highest BCUT2D eigenvalue weighted by Crippen LogP contribution is 2.28. The monoisotopic (exact) mass is 599 g/mol. The van der Waals surface area contributed by atoms with E-state index >= 15 is 0 Å². The van der Waals surface area contributed by atoms with Gasteiger partial charge in [-0.05, 0) is 56.0 Å². The molecule has 0 spiro atoms. The SMILES string of the molecule is COc1nc(CS(=O)(=O)c2ccccc2Cl)ccc1/C=C/c1cnc(NC2CCC(N3CCSCC3)CC2)nc1. The van der Waals surface area contributed by atoms with Crippen LogP contribution in [0.4, 0.5) is 5.95 Å². The fraction of sp³-hybridized carbons (Fsp3) is 0.414. The molecule has 3 aromatic rings. The van der Waals surface area contributed by atoms with E-state index in [4.69, 9.17) is 16.3 Å². The van der Waals surface area contributed by atoms with Gasteiger partial charge in [0.25, 0.3) is 0 Å². The Morgan fingerprint density at radius 1 is 1.05 bits per heavy atom. The van der Waals surface area contributed by atoms with Gasteiger partial charge in [0.15, 0.2) is 9.84 Å². The molecule has 5 rings (SSSR count). The van der Waals surface area contributed by atoms with Crippen LogP contribution >= 0.6 is 23.4 Å². The van der Waals surface area contributed by atoms with Gasteiger partial charge in [-0.25, -0.2) is 23.4 Å². The van der Waals surface area contributed by atoms with Crippen molar-refractivity contribution in [3.05, 3.63) is 70.6 Å². The number of hydrogen-bond acceptors (Lipinski definition) is 9. The molecule has 0 atom stereocenters. The summed E-state index contributed by atoms with van der Waals surface area (Å²) in [5.74, 6) is 3.23. The smallest absolute Gasteiger partial charge is 0.222 e. The number of ether oxygens (including phenoxy) is 1. The van der Waals surface area contributed by atoms with E-state index in [0.29, 0.717) is 29.1 Å². The molecule has 1 aromatic carbocycles. The molecule has 2 aliphatic rings. The Morgan fingerprint density at radius 2 is 1.77 bits per heavy atom. The van der Waals surface area contributed by atoms with Crippen molar-refractivity contribution in [2.45, 2.75) is 48.4 Å². The number of hydrogen-bond donors (Lipinski definition) is 1. The highest BCUT2D eigenvalue weighted by Gasteiger charge is 2.27. The first-order chi connectivity index (χ1) is 19.4. The topological polar surface area (TPSA) is 97.3 Å². The summed E-state index contributed by atoms with van der Waals surface area (Å²) in [5, 5.41) is 3.70. The lowest BCUT2D eigenvalue weighted by Crippen LogP contribution is -2.44. The summed E-state index contributed by atoms with van der Waals surface area (Å²) in [6.07, 6.45) is 12.0. The number of pyridine rings is 1. The van der Waals surface area contributed by atoms with Crippen molar-refractivity contribution < 1.29 is 13.2 Å². The normalized spacial score (nSPS) is 20.4. The van der Waals surface area contributed by atoms with E-state index < -0.39 is 9.84 Å². The van der Waals surface area contributed by atoms with Crippen molar-refractivity contribution >= 4 is 51.3 Å². The van der Waals surface area contributed by atoms with E-state index in [1.54, 1.807) is 42.7 Å². The maximum absolute atomic E-state index is 12.9. The number of anilines is 1. The summed E-state index contributed by atoms with van der Waals surface area (Å²) in [7, 11) is -2.14. The molecule has 1 saturated heterocycles. The molecule has 2 fully saturated rings. The molecule has 1 saturated carbocycles. The fourth-order valence-electron chi connectivity index (χ4n) is 5.22. The van der Waals surface area contributed by atoms with Crippen molar-refractivity contribution in [3.63, 3.8) is 0 Å². The fourth-order valence-corrected chi connectivity index (χ4v) is 8.00. The molecule has 40 heavy (non-hydrogen) atoms. The van der Waals surface area contributed by atoms with E-state index in [9.17, 15) is 8.42 Å². The molecule has 0 bridgehead atoms. The zero-order valence-electron chi connectivity index (χ0n) is 22.5. The van der Waals surface area contributed by atoms with Gasteiger partial charge in [-0.2, -0.15) is 11.8 Å². The first kappa shape index (κ1) is 28.9. The van der Waals surface area contributed by atoms with Crippen molar-refractivity contribution in [1.29, 1.82) is 0 Å². The second-order valence-electron chi connectivity index (χ2n) is 10.1. The van der Waals surface area contributed by atoms with Gasteiger partial charge in [0.2, 0.25) is 11.8 Å². The van der Waals surface area contributed by atoms with Gasteiger partial charge >= 0.3 is 0 Å². The number of halogens is 1. The molecule has 0 radical (unpaired) electrons. The maximum Gasteiger partial charge on any atom is 0.222 e. The molecule has 11 heteroatoms. The van der Waals surface area contributed by atoms with Crippen LogP contribution in [0, 0.1) is 0 Å². The minimum Gasteiger partial charge on any atom is -0.481 e. The third-order valence-corrected chi connectivity index (χ3v) is 10.5. The molecule has 3 heterocycles. The Balaban J connectivity index is 1.17. The van der Waals surface area contributed by atoms with Crippen molar-refractivity contribution in [2.24, 2.45) is 0 Å². The van der Waals surface area contributed by atoms with Crippen LogP contribution in [0.2, 0.25) is 5.02 Å². The highest BCUT2D eigenvalue weighted by molar-refractivity contribution is 7.99. The predicted octanol–water partition coefficient (Wildman–Crippen LogP) is 5.45. The van der Waals surface area contributed by atoms with Gasteiger partial charge in [-0.15, -0.1) is 0 Å². The minimum absolute atomic E-state index is 0.0868. The standard InChI is InChI=1S/C29H34ClN5O3S2/c1-38-28-22(8-9-24(33-28)20-40(36,37)27-5-3-2-4-26(27)30)7-6-21-18-31-29(32-19-21)34-23-10-12-25(13-11-23)35-14-16-39-17-15-35/h2-9,18-19,23,25H,10-17,20H2,1H3,(H,31,32,34)/b7-6+. The van der Waals surface area contributed by atoms with Gasteiger partial charge in [0, 0.05) is 60.2 Å². The highest BCUT2D eigenvalue weighted by atomic mass is 35.5. The zero-order valence-corrected chi connectivity index (χ0v) is 24.9. The summed E-state index contributed by atoms with van der Waals surface area (Å²) in [5.41, 5.74) is 1.92. The summed E-state index contributed by atoms with van der Waals surface area (Å²) in [6.45, 7) is 2.45. The van der Waals surface area contributed by atoms with Gasteiger partial charge < -0.3 is 10.1 Å². The molecular formula is C29H34ClN5O3S2. The van der Waals surface area contributed by atoms with Crippen LogP contribution in [-0.4, -0.2) is 72.1 Å². The van der Waals surface area contributed by atoms with E-state index in [1.807, 2.05) is 12.2 Å². The average molecular weight is 600 g/mol. The van der Waals surface area contributed by atoms with Crippen molar-refractivity contribution in [1.82, 2.24) is 19.9 Å². The van der Waals surface area contributed by atoms with E-state index in [2.05, 4.69) is 36.9 Å². The molecule has 1 aliphatic carbocycles. The Hall–Kier alpha value is -2.66. The van der Waals surface area contributed by atoms with Gasteiger partial charge in [0.1, 0.15) is 0 Å². The maximum atomic E-state index is 12.9. The van der Waals surface area contributed by atoms with Crippen molar-refractivity contribution in [3.8, 4) is 5.88 Å². The van der Waals surface area contributed by atoms with Crippen LogP contribution in [0.5, 0.6) is 5.88 Å². The number of thioether (sulfide) groups is 1. The molecule has 0 amide bonds. The number of benzene rings is 1. The Labute approximate surface area is 245 Å². The Bertz CT molecular complexity index is 1420. The van der Waals surface area contributed by atoms with Gasteiger partial charge in [-0.1, -0.05) is 29.8 Å². The third-order valence-electron chi connectivity index (χ3n) is 7.37. The average Bonchev–Trinajstić information content (AvgIpc) is 2.98. The summed E-state index contributed by atoms with van der Waals surface area (Å²) >= 11 is 8.16. The molecule has 212 valence electrons. The lowest BCUT2D eigenvalue weighted by molar-refractivity contribution is 0.166. The molecule has 8 nitrogen and oxygen atoms in total. The summed E-state index contributed by atoms with van der Waals surface area (Å²) in [6, 6.07) is 11.0. The number of rotatable bonds is 9. The van der Waals surface area contributed by atoms with E-state index in [0.717, 1.165) is 24.4 Å². The number of sulfone groups is 1. The molecule has 1 N–H and O–H groups in total. The number of aromatic nitrogens is 3. The molecule has 1 aliphatic heterocycles. The van der Waals surface area contributed by atoms with Crippen LogP contribution < -0.4 is 10.1 Å². The number of methoxy groups -OCH3 is 1. The van der Waals surface area contributed by atoms with Gasteiger partial charge in [-0.3, -0.25) is 4.90 Å². The summed E-state index contributed by atoms with van der Waals surface area (Å²) < 4.78 is 31.1. The van der Waals surface area contributed by atoms with Crippen LogP contribution in [0.1, 0.15) is 42.5 Å². The van der Waals surface area contributed by atoms with Gasteiger partial charge in [0.05, 0.1) is 28.5 Å². The van der Waals surface area contributed by atoms with E-state index in [-0.39, 0.29) is 15.7 Å². The third kappa shape index (κ3) is 7.34. The molecular weight excluding hydrogens is 566 g/mol. The molecule has 2 aromatic heterocycles. The lowest BCUT2D eigenvalue weighted by atomic mass is 9.90. The summed E-state index contributed by atoms with van der Waals surface area (Å²) in [4.78, 5) is 16.2. The van der Waals surface area contributed by atoms with Crippen LogP contribution in [-0.2, 0) is 15.6 Å². The Kier molecular flexibility index (Phi) is 9.62. The number of nitrogens with zero attached hydrogens (tertiary/aromatic N) is 4. The minimum atomic E-state index is -3.65. The van der Waals surface area contributed by atoms with Crippen molar-refractivity contribution in [2.75, 3.05) is 37.0 Å². The largest absolute Gasteiger partial charge is 0.481 e. The first-order valence-corrected chi connectivity index (χ1v) is 16.7. The lowest BCUT2D eigenvalue weighted by Gasteiger charge is -2.38. The Morgan fingerprint density at radius 3 is 2.48 bits per heavy atom. The quantitative estimate of drug-likeness (QED) is 0.344.